The number of carbonyl (C=O) groups is 1. The van der Waals surface area contributed by atoms with E-state index in [1.165, 1.54) is 19.3 Å². The lowest BCUT2D eigenvalue weighted by atomic mass is 9.96. The average molecular weight is 353 g/mol. The first-order valence-electron chi connectivity index (χ1n) is 9.80. The summed E-state index contributed by atoms with van der Waals surface area (Å²) in [6.07, 6.45) is 7.85. The number of urea groups is 1. The predicted octanol–water partition coefficient (Wildman–Crippen LogP) is 3.84. The van der Waals surface area contributed by atoms with Crippen molar-refractivity contribution >= 4 is 16.9 Å². The average Bonchev–Trinajstić information content (AvgIpc) is 3.46. The van der Waals surface area contributed by atoms with E-state index in [2.05, 4.69) is 16.4 Å². The van der Waals surface area contributed by atoms with Crippen molar-refractivity contribution in [1.29, 1.82) is 0 Å². The van der Waals surface area contributed by atoms with Crippen LogP contribution < -0.4 is 10.9 Å². The molecule has 0 saturated heterocycles. The zero-order valence-corrected chi connectivity index (χ0v) is 15.4. The SMILES string of the molecule is Cc1ccc2[nH]c(=O)c(CN(C(=O)NC3CCCCC3)C3CC3)cc2c1. The first kappa shape index (κ1) is 17.1. The van der Waals surface area contributed by atoms with Crippen molar-refractivity contribution < 1.29 is 4.79 Å². The van der Waals surface area contributed by atoms with E-state index in [1.807, 2.05) is 30.0 Å². The minimum absolute atomic E-state index is 0.0110. The molecule has 138 valence electrons. The van der Waals surface area contributed by atoms with Crippen LogP contribution in [0, 0.1) is 6.92 Å². The quantitative estimate of drug-likeness (QED) is 0.877. The van der Waals surface area contributed by atoms with E-state index in [9.17, 15) is 9.59 Å². The Balaban J connectivity index is 1.54. The summed E-state index contributed by atoms with van der Waals surface area (Å²) in [5.74, 6) is 0. The molecule has 1 aromatic heterocycles. The van der Waals surface area contributed by atoms with Gasteiger partial charge in [-0.15, -0.1) is 0 Å². The van der Waals surface area contributed by atoms with Gasteiger partial charge in [0.15, 0.2) is 0 Å². The molecule has 1 aromatic carbocycles. The lowest BCUT2D eigenvalue weighted by molar-refractivity contribution is 0.184. The van der Waals surface area contributed by atoms with Crippen LogP contribution in [0.25, 0.3) is 10.9 Å². The molecule has 0 spiro atoms. The van der Waals surface area contributed by atoms with E-state index in [-0.39, 0.29) is 23.7 Å². The van der Waals surface area contributed by atoms with Crippen LogP contribution in [-0.4, -0.2) is 28.0 Å². The molecule has 5 nitrogen and oxygen atoms in total. The number of pyridine rings is 1. The third-order valence-electron chi connectivity index (χ3n) is 5.60. The number of H-pyrrole nitrogens is 1. The van der Waals surface area contributed by atoms with Crippen LogP contribution in [0.3, 0.4) is 0 Å². The number of nitrogens with zero attached hydrogens (tertiary/aromatic N) is 1. The highest BCUT2D eigenvalue weighted by Crippen LogP contribution is 2.29. The minimum atomic E-state index is -0.0996. The summed E-state index contributed by atoms with van der Waals surface area (Å²) in [7, 11) is 0. The maximum Gasteiger partial charge on any atom is 0.318 e. The van der Waals surface area contributed by atoms with Crippen LogP contribution in [0.2, 0.25) is 0 Å². The van der Waals surface area contributed by atoms with Gasteiger partial charge in [0.2, 0.25) is 0 Å². The van der Waals surface area contributed by atoms with E-state index in [0.29, 0.717) is 12.1 Å². The van der Waals surface area contributed by atoms with Gasteiger partial charge in [-0.1, -0.05) is 30.9 Å². The van der Waals surface area contributed by atoms with Crippen molar-refractivity contribution in [3.8, 4) is 0 Å². The van der Waals surface area contributed by atoms with Gasteiger partial charge in [-0.3, -0.25) is 4.79 Å². The van der Waals surface area contributed by atoms with Crippen molar-refractivity contribution in [2.45, 2.75) is 70.5 Å². The fraction of sp³-hybridized carbons (Fsp3) is 0.524. The van der Waals surface area contributed by atoms with Crippen LogP contribution in [0.1, 0.15) is 56.1 Å². The van der Waals surface area contributed by atoms with Crippen LogP contribution >= 0.6 is 0 Å². The Kier molecular flexibility index (Phi) is 4.70. The van der Waals surface area contributed by atoms with Crippen molar-refractivity contribution in [2.75, 3.05) is 0 Å². The predicted molar refractivity (Wildman–Crippen MR) is 103 cm³/mol. The molecular weight excluding hydrogens is 326 g/mol. The number of aromatic nitrogens is 1. The molecule has 0 unspecified atom stereocenters. The lowest BCUT2D eigenvalue weighted by Crippen LogP contribution is -2.46. The van der Waals surface area contributed by atoms with Crippen molar-refractivity contribution in [3.63, 3.8) is 0 Å². The number of hydrogen-bond donors (Lipinski definition) is 2. The third-order valence-corrected chi connectivity index (χ3v) is 5.60. The molecule has 5 heteroatoms. The van der Waals surface area contributed by atoms with Crippen molar-refractivity contribution in [1.82, 2.24) is 15.2 Å². The summed E-state index contributed by atoms with van der Waals surface area (Å²) in [4.78, 5) is 30.1. The molecule has 0 radical (unpaired) electrons. The number of amides is 2. The third kappa shape index (κ3) is 3.76. The van der Waals surface area contributed by atoms with Gasteiger partial charge in [-0.05, 0) is 56.2 Å². The highest BCUT2D eigenvalue weighted by atomic mass is 16.2. The van der Waals surface area contributed by atoms with Gasteiger partial charge in [0.25, 0.3) is 5.56 Å². The summed E-state index contributed by atoms with van der Waals surface area (Å²) < 4.78 is 0. The number of rotatable bonds is 4. The molecule has 2 aliphatic carbocycles. The number of fused-ring (bicyclic) bond motifs is 1. The Morgan fingerprint density at radius 3 is 2.65 bits per heavy atom. The molecule has 0 aliphatic heterocycles. The van der Waals surface area contributed by atoms with E-state index in [4.69, 9.17) is 0 Å². The molecule has 2 saturated carbocycles. The van der Waals surface area contributed by atoms with E-state index < -0.39 is 0 Å². The molecule has 2 aliphatic rings. The van der Waals surface area contributed by atoms with E-state index >= 15 is 0 Å². The maximum atomic E-state index is 12.8. The van der Waals surface area contributed by atoms with Gasteiger partial charge in [-0.25, -0.2) is 4.79 Å². The number of nitrogens with one attached hydrogen (secondary N) is 2. The molecule has 2 fully saturated rings. The molecule has 0 atom stereocenters. The minimum Gasteiger partial charge on any atom is -0.335 e. The normalized spacial score (nSPS) is 18.0. The van der Waals surface area contributed by atoms with Gasteiger partial charge in [-0.2, -0.15) is 0 Å². The Bertz CT molecular complexity index is 863. The van der Waals surface area contributed by atoms with E-state index in [0.717, 1.165) is 42.1 Å². The highest BCUT2D eigenvalue weighted by molar-refractivity contribution is 5.80. The number of hydrogen-bond acceptors (Lipinski definition) is 2. The Hall–Kier alpha value is -2.30. The second kappa shape index (κ2) is 7.14. The molecule has 2 amide bonds. The van der Waals surface area contributed by atoms with Gasteiger partial charge in [0.05, 0.1) is 6.54 Å². The fourth-order valence-electron chi connectivity index (χ4n) is 3.93. The zero-order chi connectivity index (χ0) is 18.1. The van der Waals surface area contributed by atoms with Gasteiger partial charge in [0, 0.05) is 23.2 Å². The molecule has 4 rings (SSSR count). The molecule has 1 heterocycles. The first-order valence-corrected chi connectivity index (χ1v) is 9.80. The topological polar surface area (TPSA) is 65.2 Å². The largest absolute Gasteiger partial charge is 0.335 e. The highest BCUT2D eigenvalue weighted by Gasteiger charge is 2.34. The summed E-state index contributed by atoms with van der Waals surface area (Å²) in [6, 6.07) is 8.48. The fourth-order valence-corrected chi connectivity index (χ4v) is 3.93. The lowest BCUT2D eigenvalue weighted by Gasteiger charge is -2.28. The Morgan fingerprint density at radius 2 is 1.92 bits per heavy atom. The monoisotopic (exact) mass is 353 g/mol. The molecule has 26 heavy (non-hydrogen) atoms. The number of benzene rings is 1. The molecule has 2 N–H and O–H groups in total. The number of carbonyl (C=O) groups excluding carboxylic acids is 1. The summed E-state index contributed by atoms with van der Waals surface area (Å²) >= 11 is 0. The molecule has 0 bridgehead atoms. The zero-order valence-electron chi connectivity index (χ0n) is 15.4. The Labute approximate surface area is 153 Å². The maximum absolute atomic E-state index is 12.8. The van der Waals surface area contributed by atoms with E-state index in [1.54, 1.807) is 0 Å². The van der Waals surface area contributed by atoms with Gasteiger partial charge in [0.1, 0.15) is 0 Å². The molecule has 2 aromatic rings. The van der Waals surface area contributed by atoms with Crippen LogP contribution in [-0.2, 0) is 6.54 Å². The first-order chi connectivity index (χ1) is 12.6. The molecular formula is C21H27N3O2. The summed E-state index contributed by atoms with van der Waals surface area (Å²) in [6.45, 7) is 2.42. The Morgan fingerprint density at radius 1 is 1.15 bits per heavy atom. The van der Waals surface area contributed by atoms with Crippen LogP contribution in [0.15, 0.2) is 29.1 Å². The van der Waals surface area contributed by atoms with Crippen LogP contribution in [0.4, 0.5) is 4.79 Å². The standard InChI is InChI=1S/C21H27N3O2/c1-14-7-10-19-15(11-14)12-16(20(25)23-19)13-24(18-8-9-18)21(26)22-17-5-3-2-4-6-17/h7,10-12,17-18H,2-6,8-9,13H2,1H3,(H,22,26)(H,23,25). The van der Waals surface area contributed by atoms with Crippen molar-refractivity contribution in [2.24, 2.45) is 0 Å². The summed E-state index contributed by atoms with van der Waals surface area (Å²) in [5.41, 5.74) is 2.56. The smallest absolute Gasteiger partial charge is 0.318 e. The second-order valence-electron chi connectivity index (χ2n) is 7.86. The second-order valence-corrected chi connectivity index (χ2v) is 7.86. The van der Waals surface area contributed by atoms with Crippen molar-refractivity contribution in [3.05, 3.63) is 45.7 Å². The summed E-state index contributed by atoms with van der Waals surface area (Å²) in [5, 5.41) is 4.22. The number of aryl methyl sites for hydroxylation is 1. The van der Waals surface area contributed by atoms with Gasteiger partial charge >= 0.3 is 6.03 Å². The van der Waals surface area contributed by atoms with Crippen LogP contribution in [0.5, 0.6) is 0 Å². The number of aromatic amines is 1. The van der Waals surface area contributed by atoms with Gasteiger partial charge < -0.3 is 15.2 Å².